The van der Waals surface area contributed by atoms with Crippen molar-refractivity contribution in [1.82, 2.24) is 0 Å². The average Bonchev–Trinajstić information content (AvgIpc) is 3.34. The second kappa shape index (κ2) is 11.5. The van der Waals surface area contributed by atoms with E-state index in [0.717, 1.165) is 12.2 Å². The van der Waals surface area contributed by atoms with E-state index in [-0.39, 0.29) is 11.0 Å². The van der Waals surface area contributed by atoms with Crippen LogP contribution in [0.5, 0.6) is 5.75 Å². The molecule has 228 valence electrons. The molecule has 0 spiro atoms. The zero-order valence-electron chi connectivity index (χ0n) is 28.0. The van der Waals surface area contributed by atoms with Gasteiger partial charge in [0, 0.05) is 0 Å². The Balaban J connectivity index is 1.77. The SMILES string of the molecule is CCc1cc(C(C)(C)C)c(OC(C)(C)C)c([Si](c2ccccc2)(c2ccccc2)C2C(C)CC3c4ccccc4C=CC32)c1. The maximum absolute atomic E-state index is 7.24. The molecule has 2 aliphatic rings. The molecule has 0 radical (unpaired) electrons. The van der Waals surface area contributed by atoms with E-state index >= 15 is 0 Å². The monoisotopic (exact) mass is 598 g/mol. The largest absolute Gasteiger partial charge is 0.488 e. The van der Waals surface area contributed by atoms with Gasteiger partial charge in [-0.1, -0.05) is 144 Å². The first-order valence-corrected chi connectivity index (χ1v) is 18.8. The van der Waals surface area contributed by atoms with Crippen LogP contribution in [-0.2, 0) is 11.8 Å². The van der Waals surface area contributed by atoms with Gasteiger partial charge in [-0.2, -0.15) is 0 Å². The molecule has 4 aromatic rings. The van der Waals surface area contributed by atoms with Gasteiger partial charge in [-0.3, -0.25) is 0 Å². The van der Waals surface area contributed by atoms with Crippen LogP contribution in [0.4, 0.5) is 0 Å². The van der Waals surface area contributed by atoms with Crippen LogP contribution in [0.15, 0.2) is 103 Å². The van der Waals surface area contributed by atoms with Gasteiger partial charge >= 0.3 is 0 Å². The molecule has 0 saturated heterocycles. The predicted molar refractivity (Wildman–Crippen MR) is 192 cm³/mol. The third kappa shape index (κ3) is 5.30. The fraction of sp³-hybridized carbons (Fsp3) is 0.381. The summed E-state index contributed by atoms with van der Waals surface area (Å²) >= 11 is 0. The van der Waals surface area contributed by atoms with Gasteiger partial charge in [0.15, 0.2) is 8.07 Å². The lowest BCUT2D eigenvalue weighted by Gasteiger charge is -2.46. The van der Waals surface area contributed by atoms with Crippen molar-refractivity contribution >= 4 is 29.7 Å². The summed E-state index contributed by atoms with van der Waals surface area (Å²) in [6, 6.07) is 37.3. The van der Waals surface area contributed by atoms with E-state index in [1.54, 1.807) is 0 Å². The summed E-state index contributed by atoms with van der Waals surface area (Å²) < 4.78 is 7.24. The molecule has 0 bridgehead atoms. The number of ether oxygens (including phenoxy) is 1. The van der Waals surface area contributed by atoms with Gasteiger partial charge < -0.3 is 4.74 Å². The van der Waals surface area contributed by atoms with Crippen LogP contribution < -0.4 is 20.3 Å². The van der Waals surface area contributed by atoms with Crippen molar-refractivity contribution in [1.29, 1.82) is 0 Å². The highest BCUT2D eigenvalue weighted by molar-refractivity contribution is 7.13. The summed E-state index contributed by atoms with van der Waals surface area (Å²) in [4.78, 5) is 0. The summed E-state index contributed by atoms with van der Waals surface area (Å²) in [6.45, 7) is 18.5. The van der Waals surface area contributed by atoms with E-state index in [4.69, 9.17) is 4.74 Å². The first kappa shape index (κ1) is 30.7. The van der Waals surface area contributed by atoms with Crippen LogP contribution in [0.1, 0.15) is 90.0 Å². The summed E-state index contributed by atoms with van der Waals surface area (Å²) in [6.07, 6.45) is 7.22. The zero-order chi connectivity index (χ0) is 31.3. The fourth-order valence-corrected chi connectivity index (χ4v) is 14.8. The van der Waals surface area contributed by atoms with E-state index in [1.165, 1.54) is 44.2 Å². The highest BCUT2D eigenvalue weighted by Gasteiger charge is 2.58. The summed E-state index contributed by atoms with van der Waals surface area (Å²) in [5.41, 5.74) is 5.73. The van der Waals surface area contributed by atoms with E-state index in [1.807, 2.05) is 0 Å². The average molecular weight is 599 g/mol. The molecule has 6 rings (SSSR count). The van der Waals surface area contributed by atoms with Gasteiger partial charge in [-0.05, 0) is 100 Å². The molecule has 0 aromatic heterocycles. The van der Waals surface area contributed by atoms with Crippen molar-refractivity contribution in [3.8, 4) is 5.75 Å². The number of rotatable bonds is 6. The van der Waals surface area contributed by atoms with Gasteiger partial charge in [0.25, 0.3) is 0 Å². The predicted octanol–water partition coefficient (Wildman–Crippen LogP) is 9.03. The lowest BCUT2D eigenvalue weighted by Crippen LogP contribution is -2.71. The third-order valence-corrected chi connectivity index (χ3v) is 15.8. The van der Waals surface area contributed by atoms with Crippen LogP contribution in [0.25, 0.3) is 6.08 Å². The lowest BCUT2D eigenvalue weighted by molar-refractivity contribution is 0.129. The maximum Gasteiger partial charge on any atom is 0.156 e. The molecule has 0 aliphatic heterocycles. The lowest BCUT2D eigenvalue weighted by atomic mass is 9.81. The second-order valence-corrected chi connectivity index (χ2v) is 19.3. The Morgan fingerprint density at radius 1 is 0.773 bits per heavy atom. The van der Waals surface area contributed by atoms with E-state index in [0.29, 0.717) is 23.3 Å². The molecule has 4 aromatic carbocycles. The Kier molecular flexibility index (Phi) is 8.03. The Bertz CT molecular complexity index is 1600. The molecular weight excluding hydrogens is 549 g/mol. The number of hydrogen-bond donors (Lipinski definition) is 0. The number of benzene rings is 4. The minimum absolute atomic E-state index is 0.0679. The first-order valence-electron chi connectivity index (χ1n) is 16.7. The Hall–Kier alpha value is -3.36. The summed E-state index contributed by atoms with van der Waals surface area (Å²) in [7, 11) is -2.76. The Labute approximate surface area is 267 Å². The van der Waals surface area contributed by atoms with Gasteiger partial charge in [-0.25, -0.2) is 0 Å². The molecule has 2 heteroatoms. The molecule has 0 N–H and O–H groups in total. The zero-order valence-corrected chi connectivity index (χ0v) is 29.0. The van der Waals surface area contributed by atoms with Crippen LogP contribution >= 0.6 is 0 Å². The smallest absolute Gasteiger partial charge is 0.156 e. The minimum atomic E-state index is -2.76. The molecule has 4 atom stereocenters. The highest BCUT2D eigenvalue weighted by atomic mass is 28.3. The molecule has 4 unspecified atom stereocenters. The van der Waals surface area contributed by atoms with Crippen molar-refractivity contribution in [2.75, 3.05) is 0 Å². The molecule has 0 heterocycles. The van der Waals surface area contributed by atoms with Crippen molar-refractivity contribution < 1.29 is 4.74 Å². The summed E-state index contributed by atoms with van der Waals surface area (Å²) in [5, 5.41) is 4.43. The molecule has 1 fully saturated rings. The Morgan fingerprint density at radius 2 is 1.36 bits per heavy atom. The minimum Gasteiger partial charge on any atom is -0.488 e. The molecule has 0 amide bonds. The van der Waals surface area contributed by atoms with E-state index < -0.39 is 8.07 Å². The van der Waals surface area contributed by atoms with Crippen LogP contribution in [0.3, 0.4) is 0 Å². The molecule has 2 aliphatic carbocycles. The van der Waals surface area contributed by atoms with Crippen LogP contribution in [0.2, 0.25) is 5.54 Å². The van der Waals surface area contributed by atoms with Crippen molar-refractivity contribution in [2.24, 2.45) is 11.8 Å². The summed E-state index contributed by atoms with van der Waals surface area (Å²) in [5.74, 6) is 2.65. The third-order valence-electron chi connectivity index (χ3n) is 10.2. The maximum atomic E-state index is 7.24. The highest BCUT2D eigenvalue weighted by Crippen LogP contribution is 2.57. The molecular formula is C42H50OSi. The quantitative estimate of drug-likeness (QED) is 0.159. The van der Waals surface area contributed by atoms with Gasteiger partial charge in [-0.15, -0.1) is 0 Å². The van der Waals surface area contributed by atoms with E-state index in [9.17, 15) is 0 Å². The Morgan fingerprint density at radius 3 is 1.93 bits per heavy atom. The van der Waals surface area contributed by atoms with Gasteiger partial charge in [0.1, 0.15) is 11.4 Å². The van der Waals surface area contributed by atoms with Crippen molar-refractivity contribution in [2.45, 2.75) is 90.7 Å². The molecule has 44 heavy (non-hydrogen) atoms. The number of fused-ring (bicyclic) bond motifs is 3. The second-order valence-electron chi connectivity index (χ2n) is 15.3. The van der Waals surface area contributed by atoms with Gasteiger partial charge in [0.2, 0.25) is 0 Å². The van der Waals surface area contributed by atoms with Crippen LogP contribution in [-0.4, -0.2) is 13.7 Å². The normalized spacial score (nSPS) is 21.5. The number of hydrogen-bond acceptors (Lipinski definition) is 1. The van der Waals surface area contributed by atoms with Crippen molar-refractivity contribution in [3.63, 3.8) is 0 Å². The molecule has 1 saturated carbocycles. The number of allylic oxidation sites excluding steroid dienone is 1. The topological polar surface area (TPSA) is 9.23 Å². The molecule has 1 nitrogen and oxygen atoms in total. The number of aryl methyl sites for hydroxylation is 1. The van der Waals surface area contributed by atoms with Gasteiger partial charge in [0.05, 0.1) is 0 Å². The van der Waals surface area contributed by atoms with Crippen LogP contribution in [0, 0.1) is 11.8 Å². The first-order chi connectivity index (χ1) is 20.9. The van der Waals surface area contributed by atoms with Crippen molar-refractivity contribution in [3.05, 3.63) is 125 Å². The fourth-order valence-electron chi connectivity index (χ4n) is 8.46. The van der Waals surface area contributed by atoms with E-state index in [2.05, 4.69) is 165 Å². The standard InChI is InChI=1S/C42H50OSi/c1-9-30-27-37(41(3,4)5)39(43-42(6,7)8)38(28-30)44(32-19-12-10-13-20-32,33-21-14-11-15-22-33)40-29(2)26-36-34-23-17-16-18-31(34)24-25-35(36)40/h10-25,27-29,35-36,40H,9,26H2,1-8H3.